The van der Waals surface area contributed by atoms with Crippen LogP contribution in [-0.2, 0) is 11.3 Å². The molecule has 1 N–H and O–H groups in total. The number of carbonyl (C=O) groups excluding carboxylic acids is 1. The van der Waals surface area contributed by atoms with Crippen molar-refractivity contribution in [1.29, 1.82) is 0 Å². The molecule has 25 heavy (non-hydrogen) atoms. The van der Waals surface area contributed by atoms with E-state index in [1.165, 1.54) is 37.9 Å². The molecule has 5 heteroatoms. The fraction of sp³-hybridized carbons (Fsp3) is 0.550. The minimum Gasteiger partial charge on any atom is -0.494 e. The van der Waals surface area contributed by atoms with Crippen molar-refractivity contribution < 1.29 is 9.53 Å². The average Bonchev–Trinajstić information content (AvgIpc) is 2.63. The van der Waals surface area contributed by atoms with Crippen LogP contribution < -0.4 is 10.1 Å². The Bertz CT molecular complexity index is 530. The third-order valence-electron chi connectivity index (χ3n) is 4.13. The molecule has 0 saturated carbocycles. The third kappa shape index (κ3) is 8.45. The highest BCUT2D eigenvalue weighted by Crippen LogP contribution is 2.17. The van der Waals surface area contributed by atoms with Crippen LogP contribution in [0.5, 0.6) is 5.75 Å². The summed E-state index contributed by atoms with van der Waals surface area (Å²) in [5.41, 5.74) is 1.31. The summed E-state index contributed by atoms with van der Waals surface area (Å²) in [6.45, 7) is 8.33. The molecule has 0 bridgehead atoms. The van der Waals surface area contributed by atoms with E-state index in [1.807, 2.05) is 12.1 Å². The number of rotatable bonds is 11. The Kier molecular flexibility index (Phi) is 9.52. The molecule has 0 spiro atoms. The SMILES string of the molecule is C=CCSCC(=O)NCCCOc1cccc(CN2CCCCC2)c1. The number of nitrogens with one attached hydrogen (secondary N) is 1. The van der Waals surface area contributed by atoms with Gasteiger partial charge in [0, 0.05) is 18.8 Å². The molecule has 1 aliphatic heterocycles. The minimum absolute atomic E-state index is 0.0791. The fourth-order valence-electron chi connectivity index (χ4n) is 2.89. The molecule has 4 nitrogen and oxygen atoms in total. The topological polar surface area (TPSA) is 41.6 Å². The monoisotopic (exact) mass is 362 g/mol. The Labute approximate surface area is 156 Å². The van der Waals surface area contributed by atoms with Crippen LogP contribution in [-0.4, -0.2) is 48.6 Å². The van der Waals surface area contributed by atoms with Crippen LogP contribution in [0, 0.1) is 0 Å². The zero-order valence-corrected chi connectivity index (χ0v) is 15.9. The molecule has 0 radical (unpaired) electrons. The van der Waals surface area contributed by atoms with Crippen LogP contribution in [0.3, 0.4) is 0 Å². The number of thioether (sulfide) groups is 1. The lowest BCUT2D eigenvalue weighted by Gasteiger charge is -2.26. The summed E-state index contributed by atoms with van der Waals surface area (Å²) in [4.78, 5) is 14.1. The number of hydrogen-bond donors (Lipinski definition) is 1. The van der Waals surface area contributed by atoms with E-state index in [0.29, 0.717) is 18.9 Å². The first-order chi connectivity index (χ1) is 12.3. The molecule has 0 unspecified atom stereocenters. The molecule has 138 valence electrons. The van der Waals surface area contributed by atoms with Gasteiger partial charge >= 0.3 is 0 Å². The van der Waals surface area contributed by atoms with Gasteiger partial charge in [-0.3, -0.25) is 9.69 Å². The highest BCUT2D eigenvalue weighted by atomic mass is 32.2. The van der Waals surface area contributed by atoms with Gasteiger partial charge in [0.15, 0.2) is 0 Å². The van der Waals surface area contributed by atoms with E-state index in [2.05, 4.69) is 35.0 Å². The van der Waals surface area contributed by atoms with E-state index in [4.69, 9.17) is 4.74 Å². The molecule has 1 amide bonds. The minimum atomic E-state index is 0.0791. The Morgan fingerprint density at radius 3 is 2.96 bits per heavy atom. The molecule has 1 aliphatic rings. The van der Waals surface area contributed by atoms with Gasteiger partial charge in [0.2, 0.25) is 5.91 Å². The predicted molar refractivity (Wildman–Crippen MR) is 106 cm³/mol. The van der Waals surface area contributed by atoms with Crippen LogP contribution in [0.25, 0.3) is 0 Å². The molecule has 0 aliphatic carbocycles. The summed E-state index contributed by atoms with van der Waals surface area (Å²) in [5.74, 6) is 2.30. The molecule has 1 fully saturated rings. The fourth-order valence-corrected chi connectivity index (χ4v) is 3.46. The van der Waals surface area contributed by atoms with Gasteiger partial charge in [0.05, 0.1) is 12.4 Å². The van der Waals surface area contributed by atoms with Gasteiger partial charge in [-0.25, -0.2) is 0 Å². The lowest BCUT2D eigenvalue weighted by Crippen LogP contribution is -2.29. The van der Waals surface area contributed by atoms with Crippen LogP contribution in [0.4, 0.5) is 0 Å². The number of ether oxygens (including phenoxy) is 1. The van der Waals surface area contributed by atoms with E-state index < -0.39 is 0 Å². The number of carbonyl (C=O) groups is 1. The molecule has 1 aromatic rings. The Morgan fingerprint density at radius 2 is 2.16 bits per heavy atom. The highest BCUT2D eigenvalue weighted by molar-refractivity contribution is 8.00. The lowest BCUT2D eigenvalue weighted by molar-refractivity contribution is -0.118. The zero-order valence-electron chi connectivity index (χ0n) is 15.0. The normalized spacial score (nSPS) is 14.9. The van der Waals surface area contributed by atoms with Gasteiger partial charge in [0.25, 0.3) is 0 Å². The van der Waals surface area contributed by atoms with Gasteiger partial charge in [-0.15, -0.1) is 18.3 Å². The quantitative estimate of drug-likeness (QED) is 0.483. The van der Waals surface area contributed by atoms with Crippen molar-refractivity contribution in [2.45, 2.75) is 32.2 Å². The van der Waals surface area contributed by atoms with Gasteiger partial charge in [-0.05, 0) is 50.0 Å². The first-order valence-electron chi connectivity index (χ1n) is 9.17. The molecule has 2 rings (SSSR count). The van der Waals surface area contributed by atoms with Gasteiger partial charge in [0.1, 0.15) is 5.75 Å². The molecule has 0 atom stereocenters. The number of benzene rings is 1. The van der Waals surface area contributed by atoms with Crippen molar-refractivity contribution in [2.75, 3.05) is 37.7 Å². The molecular weight excluding hydrogens is 332 g/mol. The Morgan fingerprint density at radius 1 is 1.32 bits per heavy atom. The maximum Gasteiger partial charge on any atom is 0.230 e. The van der Waals surface area contributed by atoms with Crippen LogP contribution in [0.2, 0.25) is 0 Å². The second-order valence-electron chi connectivity index (χ2n) is 6.34. The average molecular weight is 363 g/mol. The van der Waals surface area contributed by atoms with Crippen molar-refractivity contribution in [2.24, 2.45) is 0 Å². The molecular formula is C20H30N2O2S. The van der Waals surface area contributed by atoms with Gasteiger partial charge < -0.3 is 10.1 Å². The first-order valence-corrected chi connectivity index (χ1v) is 10.3. The number of amides is 1. The smallest absolute Gasteiger partial charge is 0.230 e. The highest BCUT2D eigenvalue weighted by Gasteiger charge is 2.10. The van der Waals surface area contributed by atoms with Crippen LogP contribution in [0.1, 0.15) is 31.2 Å². The van der Waals surface area contributed by atoms with E-state index in [0.717, 1.165) is 24.5 Å². The Balaban J connectivity index is 1.61. The first kappa shape index (κ1) is 19.9. The second kappa shape index (κ2) is 12.0. The molecule has 1 aromatic carbocycles. The van der Waals surface area contributed by atoms with E-state index in [9.17, 15) is 4.79 Å². The standard InChI is InChI=1S/C20H30N2O2S/c1-2-14-25-17-20(23)21-10-7-13-24-19-9-6-8-18(15-19)16-22-11-4-3-5-12-22/h2,6,8-9,15H,1,3-5,7,10-14,16-17H2,(H,21,23). The van der Waals surface area contributed by atoms with Crippen LogP contribution >= 0.6 is 11.8 Å². The second-order valence-corrected chi connectivity index (χ2v) is 7.37. The van der Waals surface area contributed by atoms with E-state index >= 15 is 0 Å². The Hall–Kier alpha value is -1.46. The van der Waals surface area contributed by atoms with Crippen LogP contribution in [0.15, 0.2) is 36.9 Å². The van der Waals surface area contributed by atoms with Crippen molar-refractivity contribution >= 4 is 17.7 Å². The number of nitrogens with zero attached hydrogens (tertiary/aromatic N) is 1. The maximum absolute atomic E-state index is 11.6. The molecule has 1 saturated heterocycles. The lowest BCUT2D eigenvalue weighted by atomic mass is 10.1. The third-order valence-corrected chi connectivity index (χ3v) is 5.07. The summed E-state index contributed by atoms with van der Waals surface area (Å²) < 4.78 is 5.83. The largest absolute Gasteiger partial charge is 0.494 e. The molecule has 1 heterocycles. The summed E-state index contributed by atoms with van der Waals surface area (Å²) in [6, 6.07) is 8.37. The van der Waals surface area contributed by atoms with Gasteiger partial charge in [-0.2, -0.15) is 0 Å². The number of likely N-dealkylation sites (tertiary alicyclic amines) is 1. The van der Waals surface area contributed by atoms with Crippen molar-refractivity contribution in [3.63, 3.8) is 0 Å². The van der Waals surface area contributed by atoms with Crippen molar-refractivity contribution in [3.05, 3.63) is 42.5 Å². The van der Waals surface area contributed by atoms with E-state index in [-0.39, 0.29) is 5.91 Å². The van der Waals surface area contributed by atoms with Crippen molar-refractivity contribution in [3.8, 4) is 5.75 Å². The summed E-state index contributed by atoms with van der Waals surface area (Å²) in [6.07, 6.45) is 6.62. The van der Waals surface area contributed by atoms with E-state index in [1.54, 1.807) is 11.8 Å². The molecule has 0 aromatic heterocycles. The summed E-state index contributed by atoms with van der Waals surface area (Å²) in [5, 5.41) is 2.91. The summed E-state index contributed by atoms with van der Waals surface area (Å²) >= 11 is 1.57. The predicted octanol–water partition coefficient (Wildman–Crippen LogP) is 3.48. The summed E-state index contributed by atoms with van der Waals surface area (Å²) in [7, 11) is 0. The van der Waals surface area contributed by atoms with Crippen molar-refractivity contribution in [1.82, 2.24) is 10.2 Å². The zero-order chi connectivity index (χ0) is 17.7. The number of piperidine rings is 1. The van der Waals surface area contributed by atoms with Gasteiger partial charge in [-0.1, -0.05) is 24.6 Å². The number of hydrogen-bond acceptors (Lipinski definition) is 4. The maximum atomic E-state index is 11.6.